The predicted molar refractivity (Wildman–Crippen MR) is 112 cm³/mol. The molecule has 0 amide bonds. The van der Waals surface area contributed by atoms with Crippen molar-refractivity contribution in [3.8, 4) is 11.5 Å². The molecule has 0 saturated heterocycles. The monoisotopic (exact) mass is 378 g/mol. The number of benzene rings is 2. The highest BCUT2D eigenvalue weighted by Gasteiger charge is 2.09. The Balaban J connectivity index is 1.52. The molecule has 0 unspecified atom stereocenters. The van der Waals surface area contributed by atoms with Crippen molar-refractivity contribution in [2.45, 2.75) is 13.5 Å². The van der Waals surface area contributed by atoms with Gasteiger partial charge in [-0.25, -0.2) is 4.98 Å². The van der Waals surface area contributed by atoms with Crippen LogP contribution in [0.3, 0.4) is 0 Å². The zero-order valence-corrected chi connectivity index (χ0v) is 16.3. The van der Waals surface area contributed by atoms with Crippen molar-refractivity contribution in [2.24, 2.45) is 0 Å². The molecule has 0 bridgehead atoms. The van der Waals surface area contributed by atoms with Crippen molar-refractivity contribution in [2.75, 3.05) is 37.0 Å². The lowest BCUT2D eigenvalue weighted by molar-refractivity contribution is 0.331. The lowest BCUT2D eigenvalue weighted by Gasteiger charge is -2.21. The van der Waals surface area contributed by atoms with E-state index in [0.29, 0.717) is 19.1 Å². The number of hydrogen-bond acceptors (Lipinski definition) is 6. The Kier molecular flexibility index (Phi) is 7.07. The Morgan fingerprint density at radius 3 is 2.43 bits per heavy atom. The molecule has 1 aromatic heterocycles. The third-order valence-electron chi connectivity index (χ3n) is 4.26. The quantitative estimate of drug-likeness (QED) is 0.538. The zero-order valence-electron chi connectivity index (χ0n) is 16.3. The SMILES string of the molecule is CCN(Cc1ccccc1)c1nccc(NCCOc2ccc(OC)cc2)n1. The summed E-state index contributed by atoms with van der Waals surface area (Å²) in [5.41, 5.74) is 1.24. The van der Waals surface area contributed by atoms with E-state index < -0.39 is 0 Å². The Morgan fingerprint density at radius 1 is 0.964 bits per heavy atom. The second-order valence-electron chi connectivity index (χ2n) is 6.19. The van der Waals surface area contributed by atoms with Gasteiger partial charge < -0.3 is 19.7 Å². The van der Waals surface area contributed by atoms with Crippen LogP contribution in [0, 0.1) is 0 Å². The van der Waals surface area contributed by atoms with Crippen molar-refractivity contribution in [3.05, 3.63) is 72.4 Å². The second kappa shape index (κ2) is 10.2. The highest BCUT2D eigenvalue weighted by atomic mass is 16.5. The van der Waals surface area contributed by atoms with Gasteiger partial charge in [-0.15, -0.1) is 0 Å². The molecule has 0 atom stereocenters. The number of nitrogens with one attached hydrogen (secondary N) is 1. The third kappa shape index (κ3) is 5.61. The molecule has 0 fully saturated rings. The van der Waals surface area contributed by atoms with Crippen LogP contribution in [0.4, 0.5) is 11.8 Å². The van der Waals surface area contributed by atoms with Gasteiger partial charge in [0.15, 0.2) is 0 Å². The van der Waals surface area contributed by atoms with Crippen LogP contribution in [0.5, 0.6) is 11.5 Å². The first-order valence-corrected chi connectivity index (χ1v) is 9.41. The van der Waals surface area contributed by atoms with Crippen molar-refractivity contribution in [3.63, 3.8) is 0 Å². The van der Waals surface area contributed by atoms with E-state index in [9.17, 15) is 0 Å². The first-order chi connectivity index (χ1) is 13.8. The topological polar surface area (TPSA) is 59.5 Å². The van der Waals surface area contributed by atoms with Crippen molar-refractivity contribution >= 4 is 11.8 Å². The number of hydrogen-bond donors (Lipinski definition) is 1. The second-order valence-corrected chi connectivity index (χ2v) is 6.19. The molecule has 1 N–H and O–H groups in total. The minimum Gasteiger partial charge on any atom is -0.497 e. The molecule has 0 radical (unpaired) electrons. The summed E-state index contributed by atoms with van der Waals surface area (Å²) in [6.07, 6.45) is 1.78. The van der Waals surface area contributed by atoms with Gasteiger partial charge in [-0.2, -0.15) is 4.98 Å². The number of nitrogens with zero attached hydrogens (tertiary/aromatic N) is 3. The van der Waals surface area contributed by atoms with Crippen molar-refractivity contribution in [1.82, 2.24) is 9.97 Å². The molecular formula is C22H26N4O2. The smallest absolute Gasteiger partial charge is 0.227 e. The van der Waals surface area contributed by atoms with Crippen LogP contribution in [-0.2, 0) is 6.54 Å². The normalized spacial score (nSPS) is 10.4. The van der Waals surface area contributed by atoms with Crippen molar-refractivity contribution < 1.29 is 9.47 Å². The largest absolute Gasteiger partial charge is 0.497 e. The highest BCUT2D eigenvalue weighted by molar-refractivity contribution is 5.42. The molecule has 0 aliphatic carbocycles. The molecule has 3 rings (SSSR count). The molecule has 6 heteroatoms. The molecule has 2 aromatic carbocycles. The molecule has 0 aliphatic rings. The van der Waals surface area contributed by atoms with Crippen LogP contribution in [0.2, 0.25) is 0 Å². The Morgan fingerprint density at radius 2 is 1.71 bits per heavy atom. The zero-order chi connectivity index (χ0) is 19.6. The number of anilines is 2. The van der Waals surface area contributed by atoms with Gasteiger partial charge in [-0.1, -0.05) is 30.3 Å². The van der Waals surface area contributed by atoms with Gasteiger partial charge in [0.1, 0.15) is 23.9 Å². The summed E-state index contributed by atoms with van der Waals surface area (Å²) in [7, 11) is 1.65. The third-order valence-corrected chi connectivity index (χ3v) is 4.26. The standard InChI is InChI=1S/C22H26N4O2/c1-3-26(17-18-7-5-4-6-8-18)22-24-14-13-21(25-22)23-15-16-28-20-11-9-19(27-2)10-12-20/h4-14H,3,15-17H2,1-2H3,(H,23,24,25). The van der Waals surface area contributed by atoms with Crippen LogP contribution in [0.15, 0.2) is 66.9 Å². The van der Waals surface area contributed by atoms with E-state index in [1.54, 1.807) is 13.3 Å². The maximum Gasteiger partial charge on any atom is 0.227 e. The summed E-state index contributed by atoms with van der Waals surface area (Å²) in [5.74, 6) is 3.13. The van der Waals surface area contributed by atoms with Gasteiger partial charge >= 0.3 is 0 Å². The fourth-order valence-corrected chi connectivity index (χ4v) is 2.75. The Bertz CT molecular complexity index is 841. The van der Waals surface area contributed by atoms with Crippen LogP contribution >= 0.6 is 0 Å². The summed E-state index contributed by atoms with van der Waals surface area (Å²) >= 11 is 0. The molecule has 6 nitrogen and oxygen atoms in total. The first kappa shape index (κ1) is 19.5. The van der Waals surface area contributed by atoms with Gasteiger partial charge in [0.05, 0.1) is 13.7 Å². The number of methoxy groups -OCH3 is 1. The Hall–Kier alpha value is -3.28. The van der Waals surface area contributed by atoms with Crippen LogP contribution < -0.4 is 19.7 Å². The summed E-state index contributed by atoms with van der Waals surface area (Å²) in [6, 6.07) is 19.8. The van der Waals surface area contributed by atoms with Crippen LogP contribution in [0.1, 0.15) is 12.5 Å². The number of aromatic nitrogens is 2. The molecule has 1 heterocycles. The Labute approximate surface area is 166 Å². The van der Waals surface area contributed by atoms with E-state index in [2.05, 4.69) is 39.2 Å². The van der Waals surface area contributed by atoms with E-state index >= 15 is 0 Å². The van der Waals surface area contributed by atoms with E-state index in [1.165, 1.54) is 5.56 Å². The van der Waals surface area contributed by atoms with Gasteiger partial charge in [0.25, 0.3) is 0 Å². The molecule has 3 aromatic rings. The fraction of sp³-hybridized carbons (Fsp3) is 0.273. The average molecular weight is 378 g/mol. The summed E-state index contributed by atoms with van der Waals surface area (Å²) < 4.78 is 10.9. The van der Waals surface area contributed by atoms with Gasteiger partial charge in [-0.3, -0.25) is 0 Å². The molecule has 28 heavy (non-hydrogen) atoms. The molecular weight excluding hydrogens is 352 g/mol. The highest BCUT2D eigenvalue weighted by Crippen LogP contribution is 2.17. The fourth-order valence-electron chi connectivity index (χ4n) is 2.75. The molecule has 0 spiro atoms. The number of ether oxygens (including phenoxy) is 2. The van der Waals surface area contributed by atoms with Gasteiger partial charge in [0.2, 0.25) is 5.95 Å². The van der Waals surface area contributed by atoms with E-state index in [0.717, 1.165) is 30.4 Å². The first-order valence-electron chi connectivity index (χ1n) is 9.41. The lowest BCUT2D eigenvalue weighted by atomic mass is 10.2. The van der Waals surface area contributed by atoms with Crippen molar-refractivity contribution in [1.29, 1.82) is 0 Å². The maximum atomic E-state index is 5.73. The van der Waals surface area contributed by atoms with Crippen LogP contribution in [0.25, 0.3) is 0 Å². The molecule has 0 saturated carbocycles. The minimum atomic E-state index is 0.535. The van der Waals surface area contributed by atoms with Gasteiger partial charge in [0, 0.05) is 19.3 Å². The average Bonchev–Trinajstić information content (AvgIpc) is 2.76. The maximum absolute atomic E-state index is 5.73. The summed E-state index contributed by atoms with van der Waals surface area (Å²) in [5, 5.41) is 3.29. The lowest BCUT2D eigenvalue weighted by Crippen LogP contribution is -2.24. The number of rotatable bonds is 10. The summed E-state index contributed by atoms with van der Waals surface area (Å²) in [6.45, 7) is 4.90. The minimum absolute atomic E-state index is 0.535. The van der Waals surface area contributed by atoms with E-state index in [1.807, 2.05) is 48.5 Å². The molecule has 0 aliphatic heterocycles. The van der Waals surface area contributed by atoms with Crippen LogP contribution in [-0.4, -0.2) is 36.8 Å². The van der Waals surface area contributed by atoms with E-state index in [4.69, 9.17) is 9.47 Å². The van der Waals surface area contributed by atoms with Gasteiger partial charge in [-0.05, 0) is 42.8 Å². The predicted octanol–water partition coefficient (Wildman–Crippen LogP) is 4.00. The van der Waals surface area contributed by atoms with E-state index in [-0.39, 0.29) is 0 Å². The summed E-state index contributed by atoms with van der Waals surface area (Å²) in [4.78, 5) is 11.2. The molecule has 146 valence electrons.